The first-order valence-corrected chi connectivity index (χ1v) is 8.03. The molecule has 2 heterocycles. The third-order valence-electron chi connectivity index (χ3n) is 3.44. The SMILES string of the molecule is Cc1ccsc1CNC(=O)NC[C@H]1COc2ccccc2O1. The van der Waals surface area contributed by atoms with Crippen LogP contribution in [0.1, 0.15) is 10.4 Å². The van der Waals surface area contributed by atoms with Crippen LogP contribution in [0.2, 0.25) is 0 Å². The molecule has 1 aliphatic heterocycles. The van der Waals surface area contributed by atoms with E-state index in [0.717, 1.165) is 11.5 Å². The highest BCUT2D eigenvalue weighted by Gasteiger charge is 2.20. The number of carbonyl (C=O) groups is 1. The maximum absolute atomic E-state index is 11.8. The van der Waals surface area contributed by atoms with Crippen LogP contribution in [-0.4, -0.2) is 25.3 Å². The Morgan fingerprint density at radius 1 is 1.27 bits per heavy atom. The molecule has 116 valence electrons. The number of para-hydroxylation sites is 2. The van der Waals surface area contributed by atoms with Crippen molar-refractivity contribution in [3.8, 4) is 11.5 Å². The van der Waals surface area contributed by atoms with Crippen molar-refractivity contribution in [2.75, 3.05) is 13.2 Å². The predicted molar refractivity (Wildman–Crippen MR) is 85.6 cm³/mol. The Morgan fingerprint density at radius 2 is 2.09 bits per heavy atom. The van der Waals surface area contributed by atoms with Crippen LogP contribution in [0.5, 0.6) is 11.5 Å². The van der Waals surface area contributed by atoms with Gasteiger partial charge in [0.25, 0.3) is 0 Å². The fraction of sp³-hybridized carbons (Fsp3) is 0.312. The van der Waals surface area contributed by atoms with Gasteiger partial charge in [-0.05, 0) is 36.1 Å². The molecule has 1 atom stereocenters. The van der Waals surface area contributed by atoms with Gasteiger partial charge in [-0.15, -0.1) is 11.3 Å². The summed E-state index contributed by atoms with van der Waals surface area (Å²) >= 11 is 1.64. The summed E-state index contributed by atoms with van der Waals surface area (Å²) in [7, 11) is 0. The fourth-order valence-electron chi connectivity index (χ4n) is 2.18. The molecule has 2 N–H and O–H groups in total. The molecule has 0 aliphatic carbocycles. The number of carbonyl (C=O) groups excluding carboxylic acids is 1. The molecule has 0 unspecified atom stereocenters. The maximum atomic E-state index is 11.8. The predicted octanol–water partition coefficient (Wildman–Crippen LogP) is 2.70. The van der Waals surface area contributed by atoms with E-state index in [2.05, 4.69) is 10.6 Å². The Kier molecular flexibility index (Phi) is 4.48. The minimum absolute atomic E-state index is 0.177. The molecular weight excluding hydrogens is 300 g/mol. The fourth-order valence-corrected chi connectivity index (χ4v) is 3.02. The van der Waals surface area contributed by atoms with E-state index in [0.29, 0.717) is 19.7 Å². The van der Waals surface area contributed by atoms with E-state index in [9.17, 15) is 4.79 Å². The van der Waals surface area contributed by atoms with Crippen molar-refractivity contribution in [2.24, 2.45) is 0 Å². The summed E-state index contributed by atoms with van der Waals surface area (Å²) in [5.41, 5.74) is 1.20. The van der Waals surface area contributed by atoms with Crippen LogP contribution in [0.25, 0.3) is 0 Å². The number of rotatable bonds is 4. The average Bonchev–Trinajstić information content (AvgIpc) is 2.96. The minimum atomic E-state index is -0.199. The minimum Gasteiger partial charge on any atom is -0.486 e. The van der Waals surface area contributed by atoms with Crippen molar-refractivity contribution in [3.05, 3.63) is 46.2 Å². The second kappa shape index (κ2) is 6.70. The topological polar surface area (TPSA) is 59.6 Å². The van der Waals surface area contributed by atoms with Gasteiger partial charge in [-0.25, -0.2) is 4.79 Å². The Hall–Kier alpha value is -2.21. The van der Waals surface area contributed by atoms with Crippen LogP contribution < -0.4 is 20.1 Å². The van der Waals surface area contributed by atoms with Crippen LogP contribution in [0.3, 0.4) is 0 Å². The van der Waals surface area contributed by atoms with Gasteiger partial charge in [0.2, 0.25) is 0 Å². The van der Waals surface area contributed by atoms with E-state index >= 15 is 0 Å². The van der Waals surface area contributed by atoms with Crippen LogP contribution >= 0.6 is 11.3 Å². The molecule has 1 aromatic carbocycles. The van der Waals surface area contributed by atoms with Gasteiger partial charge in [-0.2, -0.15) is 0 Å². The van der Waals surface area contributed by atoms with Crippen LogP contribution in [0.15, 0.2) is 35.7 Å². The van der Waals surface area contributed by atoms with E-state index in [1.165, 1.54) is 10.4 Å². The standard InChI is InChI=1S/C16H18N2O3S/c1-11-6-7-22-15(11)9-18-16(19)17-8-12-10-20-13-4-2-3-5-14(13)21-12/h2-7,12H,8-10H2,1H3,(H2,17,18,19)/t12-/m0/s1. The van der Waals surface area contributed by atoms with Crippen LogP contribution in [0, 0.1) is 6.92 Å². The van der Waals surface area contributed by atoms with E-state index in [1.54, 1.807) is 11.3 Å². The van der Waals surface area contributed by atoms with E-state index < -0.39 is 0 Å². The molecule has 2 amide bonds. The van der Waals surface area contributed by atoms with Gasteiger partial charge in [0.15, 0.2) is 17.6 Å². The van der Waals surface area contributed by atoms with Gasteiger partial charge >= 0.3 is 6.03 Å². The monoisotopic (exact) mass is 318 g/mol. The van der Waals surface area contributed by atoms with Crippen molar-refractivity contribution in [2.45, 2.75) is 19.6 Å². The third-order valence-corrected chi connectivity index (χ3v) is 4.46. The highest BCUT2D eigenvalue weighted by atomic mass is 32.1. The first-order chi connectivity index (χ1) is 10.7. The summed E-state index contributed by atoms with van der Waals surface area (Å²) in [6.07, 6.45) is -0.177. The maximum Gasteiger partial charge on any atom is 0.315 e. The van der Waals surface area contributed by atoms with Crippen molar-refractivity contribution in [1.29, 1.82) is 0 Å². The molecule has 0 saturated carbocycles. The summed E-state index contributed by atoms with van der Waals surface area (Å²) in [5.74, 6) is 1.46. The highest BCUT2D eigenvalue weighted by molar-refractivity contribution is 7.10. The van der Waals surface area contributed by atoms with Crippen molar-refractivity contribution >= 4 is 17.4 Å². The number of hydrogen-bond acceptors (Lipinski definition) is 4. The summed E-state index contributed by atoms with van der Waals surface area (Å²) in [6.45, 7) is 3.42. The second-order valence-corrected chi connectivity index (χ2v) is 6.09. The van der Waals surface area contributed by atoms with Crippen LogP contribution in [-0.2, 0) is 6.54 Å². The quantitative estimate of drug-likeness (QED) is 0.911. The molecule has 0 fully saturated rings. The summed E-state index contributed by atoms with van der Waals surface area (Å²) in [5, 5.41) is 7.69. The number of ether oxygens (including phenoxy) is 2. The average molecular weight is 318 g/mol. The number of hydrogen-bond donors (Lipinski definition) is 2. The van der Waals surface area contributed by atoms with E-state index in [1.807, 2.05) is 42.6 Å². The smallest absolute Gasteiger partial charge is 0.315 e. The number of benzene rings is 1. The molecule has 2 aromatic rings. The number of urea groups is 1. The first-order valence-electron chi connectivity index (χ1n) is 7.15. The molecule has 0 radical (unpaired) electrons. The molecule has 3 rings (SSSR count). The number of thiophene rings is 1. The number of aryl methyl sites for hydroxylation is 1. The van der Waals surface area contributed by atoms with Crippen molar-refractivity contribution in [3.63, 3.8) is 0 Å². The number of fused-ring (bicyclic) bond motifs is 1. The second-order valence-electron chi connectivity index (χ2n) is 5.09. The molecule has 22 heavy (non-hydrogen) atoms. The Morgan fingerprint density at radius 3 is 2.86 bits per heavy atom. The van der Waals surface area contributed by atoms with Gasteiger partial charge < -0.3 is 20.1 Å². The molecular formula is C16H18N2O3S. The summed E-state index contributed by atoms with van der Waals surface area (Å²) in [6, 6.07) is 9.38. The van der Waals surface area contributed by atoms with Gasteiger partial charge in [0.05, 0.1) is 13.1 Å². The lowest BCUT2D eigenvalue weighted by Crippen LogP contribution is -2.44. The first kappa shape index (κ1) is 14.7. The lowest BCUT2D eigenvalue weighted by molar-refractivity contribution is 0.0918. The van der Waals surface area contributed by atoms with E-state index in [4.69, 9.17) is 9.47 Å². The summed E-state index contributed by atoms with van der Waals surface area (Å²) in [4.78, 5) is 13.0. The zero-order chi connectivity index (χ0) is 15.4. The Balaban J connectivity index is 1.43. The van der Waals surface area contributed by atoms with Gasteiger partial charge in [0.1, 0.15) is 6.61 Å². The largest absolute Gasteiger partial charge is 0.486 e. The lowest BCUT2D eigenvalue weighted by atomic mass is 10.2. The zero-order valence-electron chi connectivity index (χ0n) is 12.3. The van der Waals surface area contributed by atoms with Gasteiger partial charge in [-0.1, -0.05) is 12.1 Å². The van der Waals surface area contributed by atoms with Crippen molar-refractivity contribution in [1.82, 2.24) is 10.6 Å². The Bertz CT molecular complexity index is 656. The molecule has 5 nitrogen and oxygen atoms in total. The molecule has 0 saturated heterocycles. The number of amides is 2. The molecule has 6 heteroatoms. The highest BCUT2D eigenvalue weighted by Crippen LogP contribution is 2.30. The molecule has 0 spiro atoms. The zero-order valence-corrected chi connectivity index (χ0v) is 13.1. The van der Waals surface area contributed by atoms with Crippen molar-refractivity contribution < 1.29 is 14.3 Å². The number of nitrogens with one attached hydrogen (secondary N) is 2. The van der Waals surface area contributed by atoms with E-state index in [-0.39, 0.29) is 12.1 Å². The lowest BCUT2D eigenvalue weighted by Gasteiger charge is -2.26. The molecule has 1 aromatic heterocycles. The van der Waals surface area contributed by atoms with Gasteiger partial charge in [0, 0.05) is 4.88 Å². The molecule has 0 bridgehead atoms. The van der Waals surface area contributed by atoms with Crippen LogP contribution in [0.4, 0.5) is 4.79 Å². The molecule has 1 aliphatic rings. The normalized spacial score (nSPS) is 16.1. The Labute approximate surface area is 133 Å². The van der Waals surface area contributed by atoms with Gasteiger partial charge in [-0.3, -0.25) is 0 Å². The third kappa shape index (κ3) is 3.51. The summed E-state index contributed by atoms with van der Waals surface area (Å²) < 4.78 is 11.4.